The van der Waals surface area contributed by atoms with Crippen LogP contribution < -0.4 is 0 Å². The lowest BCUT2D eigenvalue weighted by molar-refractivity contribution is -0.000509. The van der Waals surface area contributed by atoms with Crippen molar-refractivity contribution >= 4 is 11.8 Å². The second-order valence-corrected chi connectivity index (χ2v) is 6.88. The molecule has 4 heteroatoms. The topological polar surface area (TPSA) is 46.0 Å². The molecule has 2 aliphatic heterocycles. The number of aryl methyl sites for hydroxylation is 1. The van der Waals surface area contributed by atoms with Crippen LogP contribution in [-0.4, -0.2) is 25.6 Å². The molecule has 0 saturated carbocycles. The summed E-state index contributed by atoms with van der Waals surface area (Å²) in [7, 11) is 0. The van der Waals surface area contributed by atoms with E-state index in [1.165, 1.54) is 19.3 Å². The number of aliphatic hydroxyl groups is 1. The zero-order valence-electron chi connectivity index (χ0n) is 10.1. The van der Waals surface area contributed by atoms with Crippen LogP contribution in [0, 0.1) is 6.92 Å². The van der Waals surface area contributed by atoms with Crippen LogP contribution in [0.5, 0.6) is 0 Å². The molecule has 17 heavy (non-hydrogen) atoms. The van der Waals surface area contributed by atoms with Gasteiger partial charge >= 0.3 is 0 Å². The Morgan fingerprint density at radius 3 is 2.71 bits per heavy atom. The van der Waals surface area contributed by atoms with E-state index in [0.29, 0.717) is 16.3 Å². The molecule has 1 aromatic heterocycles. The van der Waals surface area contributed by atoms with Crippen molar-refractivity contribution < 1.29 is 5.11 Å². The maximum Gasteiger partial charge on any atom is 0.160 e. The SMILES string of the molecule is Cc1ccnc(C2(O)CC3CCCC(C2)S3)n1. The molecule has 0 aliphatic carbocycles. The van der Waals surface area contributed by atoms with Crippen molar-refractivity contribution in [1.29, 1.82) is 0 Å². The van der Waals surface area contributed by atoms with Crippen LogP contribution in [0.1, 0.15) is 43.6 Å². The molecule has 2 atom stereocenters. The third-order valence-corrected chi connectivity index (χ3v) is 5.35. The Morgan fingerprint density at radius 2 is 2.06 bits per heavy atom. The second kappa shape index (κ2) is 4.25. The molecule has 3 heterocycles. The zero-order valence-corrected chi connectivity index (χ0v) is 10.9. The van der Waals surface area contributed by atoms with Gasteiger partial charge in [0.15, 0.2) is 5.82 Å². The Hall–Kier alpha value is -0.610. The van der Waals surface area contributed by atoms with Crippen LogP contribution in [0.3, 0.4) is 0 Å². The predicted molar refractivity (Wildman–Crippen MR) is 68.9 cm³/mol. The lowest BCUT2D eigenvalue weighted by Crippen LogP contribution is -2.41. The van der Waals surface area contributed by atoms with E-state index < -0.39 is 5.60 Å². The quantitative estimate of drug-likeness (QED) is 0.831. The fourth-order valence-corrected chi connectivity index (χ4v) is 4.87. The first-order valence-electron chi connectivity index (χ1n) is 6.34. The summed E-state index contributed by atoms with van der Waals surface area (Å²) in [6, 6.07) is 1.88. The van der Waals surface area contributed by atoms with Gasteiger partial charge in [0.2, 0.25) is 0 Å². The fraction of sp³-hybridized carbons (Fsp3) is 0.692. The normalized spacial score (nSPS) is 36.8. The van der Waals surface area contributed by atoms with Crippen LogP contribution in [-0.2, 0) is 5.60 Å². The van der Waals surface area contributed by atoms with E-state index in [2.05, 4.69) is 21.7 Å². The molecule has 2 fully saturated rings. The van der Waals surface area contributed by atoms with E-state index in [0.717, 1.165) is 18.5 Å². The summed E-state index contributed by atoms with van der Waals surface area (Å²) in [5, 5.41) is 12.0. The lowest BCUT2D eigenvalue weighted by Gasteiger charge is -2.42. The molecule has 0 radical (unpaired) electrons. The smallest absolute Gasteiger partial charge is 0.160 e. The number of rotatable bonds is 1. The van der Waals surface area contributed by atoms with Gasteiger partial charge in [-0.15, -0.1) is 0 Å². The maximum atomic E-state index is 10.8. The highest BCUT2D eigenvalue weighted by molar-refractivity contribution is 8.00. The molecule has 2 aliphatic rings. The van der Waals surface area contributed by atoms with Gasteiger partial charge in [-0.2, -0.15) is 11.8 Å². The number of hydrogen-bond donors (Lipinski definition) is 1. The van der Waals surface area contributed by atoms with Gasteiger partial charge in [0.1, 0.15) is 5.60 Å². The van der Waals surface area contributed by atoms with Crippen LogP contribution in [0.15, 0.2) is 12.3 Å². The van der Waals surface area contributed by atoms with E-state index in [-0.39, 0.29) is 0 Å². The van der Waals surface area contributed by atoms with Crippen LogP contribution in [0.4, 0.5) is 0 Å². The first kappa shape index (κ1) is 11.5. The average Bonchev–Trinajstić information content (AvgIpc) is 2.28. The third-order valence-electron chi connectivity index (χ3n) is 3.78. The third kappa shape index (κ3) is 2.20. The van der Waals surface area contributed by atoms with Crippen molar-refractivity contribution in [3.63, 3.8) is 0 Å². The molecule has 0 spiro atoms. The van der Waals surface area contributed by atoms with Crippen molar-refractivity contribution in [2.24, 2.45) is 0 Å². The molecule has 1 aromatic rings. The van der Waals surface area contributed by atoms with E-state index in [9.17, 15) is 5.11 Å². The molecule has 92 valence electrons. The van der Waals surface area contributed by atoms with Gasteiger partial charge in [-0.25, -0.2) is 9.97 Å². The summed E-state index contributed by atoms with van der Waals surface area (Å²) in [5.41, 5.74) is 0.152. The lowest BCUT2D eigenvalue weighted by atomic mass is 9.85. The number of hydrogen-bond acceptors (Lipinski definition) is 4. The molecule has 3 rings (SSSR count). The molecule has 2 saturated heterocycles. The highest BCUT2D eigenvalue weighted by atomic mass is 32.2. The van der Waals surface area contributed by atoms with E-state index in [1.54, 1.807) is 6.20 Å². The first-order chi connectivity index (χ1) is 8.16. The summed E-state index contributed by atoms with van der Waals surface area (Å²) in [6.07, 6.45) is 7.17. The van der Waals surface area contributed by atoms with Crippen LogP contribution in [0.25, 0.3) is 0 Å². The van der Waals surface area contributed by atoms with Crippen molar-refractivity contribution in [3.05, 3.63) is 23.8 Å². The van der Waals surface area contributed by atoms with Crippen molar-refractivity contribution in [2.45, 2.75) is 55.1 Å². The minimum atomic E-state index is -0.785. The Balaban J connectivity index is 1.90. The van der Waals surface area contributed by atoms with Gasteiger partial charge in [-0.05, 0) is 38.7 Å². The van der Waals surface area contributed by atoms with Gasteiger partial charge in [-0.1, -0.05) is 6.42 Å². The van der Waals surface area contributed by atoms with E-state index in [1.807, 2.05) is 13.0 Å². The van der Waals surface area contributed by atoms with E-state index >= 15 is 0 Å². The van der Waals surface area contributed by atoms with Crippen LogP contribution in [0.2, 0.25) is 0 Å². The number of thioether (sulfide) groups is 1. The fourth-order valence-electron chi connectivity index (χ4n) is 2.97. The highest BCUT2D eigenvalue weighted by Crippen LogP contribution is 2.48. The van der Waals surface area contributed by atoms with Crippen LogP contribution >= 0.6 is 11.8 Å². The largest absolute Gasteiger partial charge is 0.382 e. The highest BCUT2D eigenvalue weighted by Gasteiger charge is 2.44. The molecule has 2 unspecified atom stereocenters. The minimum absolute atomic E-state index is 0.594. The molecular weight excluding hydrogens is 232 g/mol. The Labute approximate surface area is 106 Å². The summed E-state index contributed by atoms with van der Waals surface area (Å²) in [4.78, 5) is 8.72. The molecule has 2 bridgehead atoms. The monoisotopic (exact) mass is 250 g/mol. The standard InChI is InChI=1S/C13H18N2OS/c1-9-5-6-14-12(15-9)13(16)7-10-3-2-4-11(8-13)17-10/h5-6,10-11,16H,2-4,7-8H2,1H3. The van der Waals surface area contributed by atoms with Crippen molar-refractivity contribution in [2.75, 3.05) is 0 Å². The zero-order chi connectivity index (χ0) is 11.9. The number of nitrogens with zero attached hydrogens (tertiary/aromatic N) is 2. The van der Waals surface area contributed by atoms with Crippen molar-refractivity contribution in [1.82, 2.24) is 9.97 Å². The van der Waals surface area contributed by atoms with Gasteiger partial charge in [-0.3, -0.25) is 0 Å². The second-order valence-electron chi connectivity index (χ2n) is 5.27. The maximum absolute atomic E-state index is 10.8. The van der Waals surface area contributed by atoms with Crippen molar-refractivity contribution in [3.8, 4) is 0 Å². The van der Waals surface area contributed by atoms with Gasteiger partial charge in [0, 0.05) is 22.4 Å². The summed E-state index contributed by atoms with van der Waals surface area (Å²) in [5.74, 6) is 0.634. The number of fused-ring (bicyclic) bond motifs is 2. The number of aromatic nitrogens is 2. The van der Waals surface area contributed by atoms with Gasteiger partial charge in [0.25, 0.3) is 0 Å². The summed E-state index contributed by atoms with van der Waals surface area (Å²) < 4.78 is 0. The first-order valence-corrected chi connectivity index (χ1v) is 7.28. The predicted octanol–water partition coefficient (Wildman–Crippen LogP) is 2.42. The summed E-state index contributed by atoms with van der Waals surface area (Å²) in [6.45, 7) is 1.95. The molecular formula is C13H18N2OS. The van der Waals surface area contributed by atoms with Gasteiger partial charge < -0.3 is 5.11 Å². The Kier molecular flexibility index (Phi) is 2.87. The summed E-state index contributed by atoms with van der Waals surface area (Å²) >= 11 is 2.06. The molecule has 0 aromatic carbocycles. The Morgan fingerprint density at radius 1 is 1.35 bits per heavy atom. The van der Waals surface area contributed by atoms with Gasteiger partial charge in [0.05, 0.1) is 0 Å². The average molecular weight is 250 g/mol. The minimum Gasteiger partial charge on any atom is -0.382 e. The molecule has 3 nitrogen and oxygen atoms in total. The Bertz CT molecular complexity index is 412. The molecule has 1 N–H and O–H groups in total. The van der Waals surface area contributed by atoms with E-state index in [4.69, 9.17) is 0 Å². The molecule has 0 amide bonds.